The minimum atomic E-state index is -4.38. The number of ether oxygens (including phenoxy) is 1. The molecule has 36 heavy (non-hydrogen) atoms. The smallest absolute Gasteiger partial charge is 0.401 e. The Kier molecular flexibility index (Phi) is 8.24. The van der Waals surface area contributed by atoms with Gasteiger partial charge < -0.3 is 20.5 Å². The highest BCUT2D eigenvalue weighted by atomic mass is 19.4. The molecule has 3 aromatic rings. The summed E-state index contributed by atoms with van der Waals surface area (Å²) in [7, 11) is 1.37. The van der Waals surface area contributed by atoms with E-state index in [1.807, 2.05) is 31.2 Å². The molecule has 0 bridgehead atoms. The van der Waals surface area contributed by atoms with Gasteiger partial charge in [-0.15, -0.1) is 0 Å². The molecule has 0 saturated carbocycles. The van der Waals surface area contributed by atoms with Crippen LogP contribution in [0.2, 0.25) is 0 Å². The van der Waals surface area contributed by atoms with Crippen molar-refractivity contribution in [3.63, 3.8) is 0 Å². The lowest BCUT2D eigenvalue weighted by Gasteiger charge is -2.25. The number of rotatable bonds is 10. The van der Waals surface area contributed by atoms with Crippen molar-refractivity contribution in [3.05, 3.63) is 77.0 Å². The zero-order chi connectivity index (χ0) is 26.5. The Balaban J connectivity index is 1.93. The number of aromatic nitrogens is 1. The topological polar surface area (TPSA) is 83.5 Å². The molecular weight excluding hydrogens is 471 g/mol. The van der Waals surface area contributed by atoms with Gasteiger partial charge in [-0.3, -0.25) is 4.79 Å². The molecule has 1 heterocycles. The molecule has 2 aromatic carbocycles. The van der Waals surface area contributed by atoms with E-state index in [1.54, 1.807) is 24.4 Å². The second-order valence-corrected chi connectivity index (χ2v) is 9.14. The summed E-state index contributed by atoms with van der Waals surface area (Å²) in [6.07, 6.45) is -2.73. The van der Waals surface area contributed by atoms with E-state index in [4.69, 9.17) is 4.74 Å². The maximum absolute atomic E-state index is 12.7. The van der Waals surface area contributed by atoms with Crippen LogP contribution in [0.3, 0.4) is 0 Å². The van der Waals surface area contributed by atoms with E-state index in [-0.39, 0.29) is 12.3 Å². The number of benzene rings is 2. The van der Waals surface area contributed by atoms with Gasteiger partial charge in [-0.05, 0) is 56.2 Å². The molecule has 9 heteroatoms. The van der Waals surface area contributed by atoms with E-state index in [9.17, 15) is 23.1 Å². The summed E-state index contributed by atoms with van der Waals surface area (Å²) in [6.45, 7) is 4.35. The van der Waals surface area contributed by atoms with Crippen LogP contribution in [0.15, 0.2) is 54.7 Å². The minimum Gasteiger partial charge on any atom is -0.496 e. The Morgan fingerprint density at radius 2 is 1.81 bits per heavy atom. The highest BCUT2D eigenvalue weighted by Gasteiger charge is 2.34. The first-order valence-corrected chi connectivity index (χ1v) is 11.4. The number of halogens is 3. The lowest BCUT2D eigenvalue weighted by atomic mass is 9.81. The average Bonchev–Trinajstić information content (AvgIpc) is 2.81. The number of aryl methyl sites for hydroxylation is 1. The van der Waals surface area contributed by atoms with Gasteiger partial charge in [0.1, 0.15) is 11.6 Å². The van der Waals surface area contributed by atoms with Gasteiger partial charge >= 0.3 is 12.1 Å². The summed E-state index contributed by atoms with van der Waals surface area (Å²) < 4.78 is 43.6. The lowest BCUT2D eigenvalue weighted by molar-refractivity contribution is -0.142. The van der Waals surface area contributed by atoms with Crippen LogP contribution in [-0.4, -0.2) is 35.9 Å². The molecule has 0 aliphatic heterocycles. The number of carboxylic acids is 1. The number of alkyl halides is 3. The number of nitrogens with one attached hydrogen (secondary N) is 2. The van der Waals surface area contributed by atoms with Gasteiger partial charge in [-0.1, -0.05) is 29.8 Å². The van der Waals surface area contributed by atoms with Crippen LogP contribution in [0, 0.1) is 6.92 Å². The fourth-order valence-electron chi connectivity index (χ4n) is 3.83. The zero-order valence-corrected chi connectivity index (χ0v) is 20.7. The standard InChI is InChI=1S/C27H30F3N3O3/c1-17-6-5-7-18(10-17)13-32-23-9-8-19(15-33-23)20-11-21(14-31-16-27(28,29)30)24(36-4)22(12-20)26(2,3)25(34)35/h5-12,15,31H,13-14,16H2,1-4H3,(H,32,33)(H,34,35). The first kappa shape index (κ1) is 27.0. The molecule has 0 radical (unpaired) electrons. The Hall–Kier alpha value is -3.59. The highest BCUT2D eigenvalue weighted by molar-refractivity contribution is 5.83. The van der Waals surface area contributed by atoms with Gasteiger partial charge in [-0.25, -0.2) is 4.98 Å². The molecular formula is C27H30F3N3O3. The second kappa shape index (κ2) is 11.0. The summed E-state index contributed by atoms with van der Waals surface area (Å²) in [6, 6.07) is 15.1. The van der Waals surface area contributed by atoms with Gasteiger partial charge in [0.05, 0.1) is 19.1 Å². The van der Waals surface area contributed by atoms with Crippen molar-refractivity contribution in [1.29, 1.82) is 0 Å². The third-order valence-electron chi connectivity index (χ3n) is 5.87. The molecule has 6 nitrogen and oxygen atoms in total. The summed E-state index contributed by atoms with van der Waals surface area (Å²) in [5.74, 6) is -0.182. The largest absolute Gasteiger partial charge is 0.496 e. The van der Waals surface area contributed by atoms with Crippen LogP contribution >= 0.6 is 0 Å². The second-order valence-electron chi connectivity index (χ2n) is 9.14. The number of carbonyl (C=O) groups is 1. The van der Waals surface area contributed by atoms with E-state index in [2.05, 4.69) is 21.7 Å². The normalized spacial score (nSPS) is 11.9. The zero-order valence-electron chi connectivity index (χ0n) is 20.7. The molecule has 0 fully saturated rings. The van der Waals surface area contributed by atoms with Gasteiger partial charge in [0.25, 0.3) is 0 Å². The van der Waals surface area contributed by atoms with Crippen molar-refractivity contribution >= 4 is 11.8 Å². The monoisotopic (exact) mass is 501 g/mol. The first-order chi connectivity index (χ1) is 16.9. The van der Waals surface area contributed by atoms with E-state index in [0.29, 0.717) is 34.6 Å². The van der Waals surface area contributed by atoms with Gasteiger partial charge in [0, 0.05) is 36.0 Å². The van der Waals surface area contributed by atoms with E-state index < -0.39 is 24.1 Å². The summed E-state index contributed by atoms with van der Waals surface area (Å²) >= 11 is 0. The van der Waals surface area contributed by atoms with Crippen LogP contribution in [0.1, 0.15) is 36.1 Å². The Bertz CT molecular complexity index is 1210. The molecule has 0 aliphatic carbocycles. The molecule has 0 atom stereocenters. The van der Waals surface area contributed by atoms with Crippen molar-refractivity contribution in [2.24, 2.45) is 0 Å². The van der Waals surface area contributed by atoms with Crippen LogP contribution in [0.25, 0.3) is 11.1 Å². The van der Waals surface area contributed by atoms with Crippen LogP contribution in [-0.2, 0) is 23.3 Å². The van der Waals surface area contributed by atoms with Crippen LogP contribution in [0.4, 0.5) is 19.0 Å². The maximum Gasteiger partial charge on any atom is 0.401 e. The van der Waals surface area contributed by atoms with Crippen LogP contribution in [0.5, 0.6) is 5.75 Å². The number of nitrogens with zero attached hydrogens (tertiary/aromatic N) is 1. The molecule has 0 unspecified atom stereocenters. The Morgan fingerprint density at radius 1 is 1.06 bits per heavy atom. The number of anilines is 1. The minimum absolute atomic E-state index is 0.150. The summed E-state index contributed by atoms with van der Waals surface area (Å²) in [5.41, 5.74) is 3.04. The van der Waals surface area contributed by atoms with Crippen LogP contribution < -0.4 is 15.4 Å². The van der Waals surface area contributed by atoms with E-state index in [0.717, 1.165) is 11.1 Å². The van der Waals surface area contributed by atoms with E-state index >= 15 is 0 Å². The van der Waals surface area contributed by atoms with Gasteiger partial charge in [0.2, 0.25) is 0 Å². The predicted molar refractivity (Wildman–Crippen MR) is 133 cm³/mol. The number of hydrogen-bond acceptors (Lipinski definition) is 5. The van der Waals surface area contributed by atoms with Crippen molar-refractivity contribution < 1.29 is 27.8 Å². The quantitative estimate of drug-likeness (QED) is 0.331. The molecule has 3 N–H and O–H groups in total. The number of aliphatic carboxylic acids is 1. The van der Waals surface area contributed by atoms with Crippen molar-refractivity contribution in [3.8, 4) is 16.9 Å². The molecule has 3 rings (SSSR count). The highest BCUT2D eigenvalue weighted by Crippen LogP contribution is 2.38. The predicted octanol–water partition coefficient (Wildman–Crippen LogP) is 5.69. The summed E-state index contributed by atoms with van der Waals surface area (Å²) in [4.78, 5) is 16.5. The van der Waals surface area contributed by atoms with Gasteiger partial charge in [0.15, 0.2) is 0 Å². The SMILES string of the molecule is COc1c(CNCC(F)(F)F)cc(-c2ccc(NCc3cccc(C)c3)nc2)cc1C(C)(C)C(=O)O. The molecule has 0 saturated heterocycles. The fraction of sp³-hybridized carbons (Fsp3) is 0.333. The summed E-state index contributed by atoms with van der Waals surface area (Å²) in [5, 5.41) is 15.4. The molecule has 0 aliphatic rings. The van der Waals surface area contributed by atoms with Crippen molar-refractivity contribution in [2.75, 3.05) is 19.0 Å². The first-order valence-electron chi connectivity index (χ1n) is 11.4. The third-order valence-corrected chi connectivity index (χ3v) is 5.87. The van der Waals surface area contributed by atoms with E-state index in [1.165, 1.54) is 21.0 Å². The number of hydrogen-bond donors (Lipinski definition) is 3. The van der Waals surface area contributed by atoms with Gasteiger partial charge in [-0.2, -0.15) is 13.2 Å². The molecule has 0 amide bonds. The molecule has 1 aromatic heterocycles. The Morgan fingerprint density at radius 3 is 2.39 bits per heavy atom. The number of carboxylic acid groups (broad SMARTS) is 1. The van der Waals surface area contributed by atoms with Crippen molar-refractivity contribution in [2.45, 2.75) is 45.5 Å². The lowest BCUT2D eigenvalue weighted by Crippen LogP contribution is -2.31. The average molecular weight is 502 g/mol. The molecule has 192 valence electrons. The molecule has 0 spiro atoms. The Labute approximate surface area is 208 Å². The fourth-order valence-corrected chi connectivity index (χ4v) is 3.83. The van der Waals surface area contributed by atoms with Crippen molar-refractivity contribution in [1.82, 2.24) is 10.3 Å². The maximum atomic E-state index is 12.7. The number of pyridine rings is 1. The third kappa shape index (κ3) is 6.75. The number of methoxy groups -OCH3 is 1.